The van der Waals surface area contributed by atoms with Crippen LogP contribution >= 0.6 is 11.3 Å². The lowest BCUT2D eigenvalue weighted by atomic mass is 10.2. The smallest absolute Gasteiger partial charge is 0.253 e. The van der Waals surface area contributed by atoms with Crippen molar-refractivity contribution in [3.63, 3.8) is 0 Å². The highest BCUT2D eigenvalue weighted by Crippen LogP contribution is 2.34. The van der Waals surface area contributed by atoms with E-state index < -0.39 is 0 Å². The minimum atomic E-state index is -0.0717. The van der Waals surface area contributed by atoms with Crippen molar-refractivity contribution < 1.29 is 9.53 Å². The number of carbonyl (C=O) groups excluding carboxylic acids is 1. The molecule has 34 heavy (non-hydrogen) atoms. The number of rotatable bonds is 8. The Balaban J connectivity index is 1.81. The summed E-state index contributed by atoms with van der Waals surface area (Å²) in [6, 6.07) is 14.0. The second-order valence-corrected chi connectivity index (χ2v) is 9.13. The van der Waals surface area contributed by atoms with Crippen molar-refractivity contribution in [2.24, 2.45) is 0 Å². The average molecular weight is 475 g/mol. The molecule has 0 aliphatic carbocycles. The number of hydrogen-bond donors (Lipinski definition) is 1. The van der Waals surface area contributed by atoms with Crippen molar-refractivity contribution in [3.8, 4) is 33.4 Å². The van der Waals surface area contributed by atoms with Gasteiger partial charge in [-0.25, -0.2) is 4.98 Å². The number of pyridine rings is 1. The van der Waals surface area contributed by atoms with E-state index in [0.717, 1.165) is 57.6 Å². The molecular formula is C27H30N4O2S. The van der Waals surface area contributed by atoms with Gasteiger partial charge in [0, 0.05) is 40.3 Å². The lowest BCUT2D eigenvalue weighted by Crippen LogP contribution is -2.32. The van der Waals surface area contributed by atoms with E-state index >= 15 is 0 Å². The molecule has 0 aliphatic rings. The fraction of sp³-hybridized carbons (Fsp3) is 0.296. The van der Waals surface area contributed by atoms with Crippen molar-refractivity contribution in [1.82, 2.24) is 19.9 Å². The lowest BCUT2D eigenvalue weighted by Gasteiger charge is -2.13. The number of carbonyl (C=O) groups is 1. The summed E-state index contributed by atoms with van der Waals surface area (Å²) in [4.78, 5) is 22.4. The van der Waals surface area contributed by atoms with Gasteiger partial charge < -0.3 is 14.6 Å². The third-order valence-electron chi connectivity index (χ3n) is 6.00. The molecule has 1 unspecified atom stereocenters. The normalized spacial score (nSPS) is 11.9. The van der Waals surface area contributed by atoms with E-state index in [4.69, 9.17) is 9.72 Å². The first kappa shape index (κ1) is 23.7. The quantitative estimate of drug-likeness (QED) is 0.336. The second-order valence-electron chi connectivity index (χ2n) is 8.27. The molecule has 0 fully saturated rings. The van der Waals surface area contributed by atoms with Gasteiger partial charge in [0.15, 0.2) is 0 Å². The summed E-state index contributed by atoms with van der Waals surface area (Å²) in [5.74, 6) is 0.711. The molecule has 1 atom stereocenters. The number of aromatic nitrogens is 3. The Kier molecular flexibility index (Phi) is 7.12. The fourth-order valence-electron chi connectivity index (χ4n) is 3.82. The maximum Gasteiger partial charge on any atom is 0.253 e. The predicted molar refractivity (Wildman–Crippen MR) is 138 cm³/mol. The lowest BCUT2D eigenvalue weighted by molar-refractivity contribution is 0.0938. The molecule has 3 aromatic heterocycles. The first-order valence-corrected chi connectivity index (χ1v) is 12.4. The van der Waals surface area contributed by atoms with Crippen molar-refractivity contribution in [2.45, 2.75) is 46.6 Å². The number of aryl methyl sites for hydroxylation is 1. The van der Waals surface area contributed by atoms with Crippen LogP contribution in [-0.4, -0.2) is 33.6 Å². The first-order valence-electron chi connectivity index (χ1n) is 11.5. The Bertz CT molecular complexity index is 1290. The zero-order valence-corrected chi connectivity index (χ0v) is 21.1. The Hall–Kier alpha value is -3.45. The molecule has 0 radical (unpaired) electrons. The summed E-state index contributed by atoms with van der Waals surface area (Å²) in [6.45, 7) is 8.14. The molecule has 176 valence electrons. The van der Waals surface area contributed by atoms with Gasteiger partial charge in [-0.3, -0.25) is 9.78 Å². The summed E-state index contributed by atoms with van der Waals surface area (Å²) < 4.78 is 7.42. The van der Waals surface area contributed by atoms with Crippen LogP contribution in [0.3, 0.4) is 0 Å². The Morgan fingerprint density at radius 3 is 2.62 bits per heavy atom. The van der Waals surface area contributed by atoms with E-state index in [0.29, 0.717) is 5.56 Å². The molecule has 0 saturated heterocycles. The van der Waals surface area contributed by atoms with Gasteiger partial charge in [0.05, 0.1) is 24.1 Å². The van der Waals surface area contributed by atoms with Crippen molar-refractivity contribution in [1.29, 1.82) is 0 Å². The van der Waals surface area contributed by atoms with Gasteiger partial charge in [-0.2, -0.15) is 0 Å². The van der Waals surface area contributed by atoms with E-state index in [1.165, 1.54) is 0 Å². The second kappa shape index (κ2) is 10.2. The van der Waals surface area contributed by atoms with Gasteiger partial charge in [-0.15, -0.1) is 11.3 Å². The summed E-state index contributed by atoms with van der Waals surface area (Å²) in [5.41, 5.74) is 6.27. The molecule has 1 amide bonds. The number of methoxy groups -OCH3 is 1. The predicted octanol–water partition coefficient (Wildman–Crippen LogP) is 6.07. The summed E-state index contributed by atoms with van der Waals surface area (Å²) >= 11 is 1.59. The highest BCUT2D eigenvalue weighted by molar-refractivity contribution is 7.13. The van der Waals surface area contributed by atoms with Gasteiger partial charge in [-0.1, -0.05) is 13.8 Å². The van der Waals surface area contributed by atoms with E-state index in [9.17, 15) is 4.79 Å². The maximum atomic E-state index is 13.1. The van der Waals surface area contributed by atoms with Crippen LogP contribution in [0.1, 0.15) is 48.9 Å². The topological polar surface area (TPSA) is 69.0 Å². The molecule has 4 rings (SSSR count). The van der Waals surface area contributed by atoms with Gasteiger partial charge in [0.2, 0.25) is 0 Å². The van der Waals surface area contributed by atoms with E-state index in [1.807, 2.05) is 61.8 Å². The Morgan fingerprint density at radius 2 is 1.94 bits per heavy atom. The van der Waals surface area contributed by atoms with Crippen LogP contribution in [0.5, 0.6) is 5.75 Å². The minimum absolute atomic E-state index is 0.0717. The van der Waals surface area contributed by atoms with Gasteiger partial charge >= 0.3 is 0 Å². The SMILES string of the molecule is CCc1cc(-c2nc(-c3cc(C(=O)NC(C)CC)c(C)n3-c3ccc(OC)cc3)cs2)ccn1. The fourth-order valence-corrected chi connectivity index (χ4v) is 4.63. The van der Waals surface area contributed by atoms with Crippen LogP contribution < -0.4 is 10.1 Å². The number of nitrogens with zero attached hydrogens (tertiary/aromatic N) is 3. The van der Waals surface area contributed by atoms with Gasteiger partial charge in [0.25, 0.3) is 5.91 Å². The molecule has 1 aromatic carbocycles. The largest absolute Gasteiger partial charge is 0.497 e. The van der Waals surface area contributed by atoms with Gasteiger partial charge in [-0.05, 0) is 69.2 Å². The molecule has 7 heteroatoms. The molecule has 0 saturated carbocycles. The first-order chi connectivity index (χ1) is 16.4. The van der Waals surface area contributed by atoms with Crippen LogP contribution in [0, 0.1) is 6.92 Å². The number of thiazole rings is 1. The van der Waals surface area contributed by atoms with Crippen LogP contribution in [-0.2, 0) is 6.42 Å². The maximum absolute atomic E-state index is 13.1. The number of ether oxygens (including phenoxy) is 1. The molecule has 6 nitrogen and oxygen atoms in total. The monoisotopic (exact) mass is 474 g/mol. The van der Waals surface area contributed by atoms with Crippen molar-refractivity contribution in [3.05, 3.63) is 71.0 Å². The van der Waals surface area contributed by atoms with Crippen LogP contribution in [0.2, 0.25) is 0 Å². The Labute approximate surface area is 204 Å². The number of hydrogen-bond acceptors (Lipinski definition) is 5. The molecular weight excluding hydrogens is 444 g/mol. The minimum Gasteiger partial charge on any atom is -0.497 e. The van der Waals surface area contributed by atoms with Crippen LogP contribution in [0.4, 0.5) is 0 Å². The molecule has 3 heterocycles. The van der Waals surface area contributed by atoms with Crippen molar-refractivity contribution >= 4 is 17.2 Å². The van der Waals surface area contributed by atoms with Crippen molar-refractivity contribution in [2.75, 3.05) is 7.11 Å². The zero-order chi connectivity index (χ0) is 24.2. The molecule has 4 aromatic rings. The molecule has 0 spiro atoms. The summed E-state index contributed by atoms with van der Waals surface area (Å²) in [7, 11) is 1.65. The standard InChI is InChI=1S/C27H30N4O2S/c1-6-17(3)29-26(32)23-15-25(31(18(23)4)21-8-10-22(33-5)11-9-21)24-16-34-27(30-24)19-12-13-28-20(7-2)14-19/h8-17H,6-7H2,1-5H3,(H,29,32). The average Bonchev–Trinajstić information content (AvgIpc) is 3.49. The van der Waals surface area contributed by atoms with E-state index in [-0.39, 0.29) is 11.9 Å². The highest BCUT2D eigenvalue weighted by Gasteiger charge is 2.22. The summed E-state index contributed by atoms with van der Waals surface area (Å²) in [5, 5.41) is 6.07. The van der Waals surface area contributed by atoms with E-state index in [2.05, 4.69) is 34.8 Å². The molecule has 0 bridgehead atoms. The number of benzene rings is 1. The number of amides is 1. The third kappa shape index (κ3) is 4.75. The van der Waals surface area contributed by atoms with Crippen LogP contribution in [0.15, 0.2) is 54.0 Å². The molecule has 0 aliphatic heterocycles. The highest BCUT2D eigenvalue weighted by atomic mass is 32.1. The Morgan fingerprint density at radius 1 is 1.18 bits per heavy atom. The van der Waals surface area contributed by atoms with E-state index in [1.54, 1.807) is 18.4 Å². The third-order valence-corrected chi connectivity index (χ3v) is 6.90. The van der Waals surface area contributed by atoms with Gasteiger partial charge in [0.1, 0.15) is 10.8 Å². The number of nitrogens with one attached hydrogen (secondary N) is 1. The zero-order valence-electron chi connectivity index (χ0n) is 20.3. The molecule has 1 N–H and O–H groups in total. The summed E-state index contributed by atoms with van der Waals surface area (Å²) in [6.07, 6.45) is 3.58. The van der Waals surface area contributed by atoms with Crippen LogP contribution in [0.25, 0.3) is 27.6 Å².